The van der Waals surface area contributed by atoms with E-state index in [9.17, 15) is 0 Å². The lowest BCUT2D eigenvalue weighted by atomic mass is 10.3. The van der Waals surface area contributed by atoms with Crippen LogP contribution >= 0.6 is 188 Å². The molecule has 358 valence electrons. The van der Waals surface area contributed by atoms with Crippen molar-refractivity contribution in [3.8, 4) is 11.5 Å². The molecule has 5 rings (SSSR count). The number of benzene rings is 1. The van der Waals surface area contributed by atoms with Gasteiger partial charge in [0.05, 0.1) is 64.1 Å². The highest BCUT2D eigenvalue weighted by molar-refractivity contribution is 8.46. The van der Waals surface area contributed by atoms with Crippen molar-refractivity contribution in [1.29, 1.82) is 0 Å². The van der Waals surface area contributed by atoms with Crippen LogP contribution in [0.15, 0.2) is 75.1 Å². The first-order chi connectivity index (χ1) is 31.5. The fourth-order valence-electron chi connectivity index (χ4n) is 5.21. The molecule has 0 radical (unpaired) electrons. The Kier molecular flexibility index (Phi) is 31.7. The van der Waals surface area contributed by atoms with Crippen molar-refractivity contribution in [2.75, 3.05) is 59.2 Å². The monoisotopic (exact) mass is 1160 g/mol. The second kappa shape index (κ2) is 35.1. The minimum absolute atomic E-state index is 0.684. The smallest absolute Gasteiger partial charge is 0.119 e. The zero-order valence-electron chi connectivity index (χ0n) is 38.2. The number of hydrogen-bond donors (Lipinski definition) is 0. The lowest BCUT2D eigenvalue weighted by Gasteiger charge is -2.10. The van der Waals surface area contributed by atoms with Gasteiger partial charge in [0.25, 0.3) is 0 Å². The van der Waals surface area contributed by atoms with Crippen molar-refractivity contribution >= 4 is 188 Å². The van der Waals surface area contributed by atoms with E-state index in [1.54, 1.807) is 0 Å². The maximum Gasteiger partial charge on any atom is 0.119 e. The molecule has 4 heterocycles. The van der Waals surface area contributed by atoms with Crippen LogP contribution in [0.3, 0.4) is 0 Å². The largest absolute Gasteiger partial charge is 0.493 e. The normalized spacial score (nSPS) is 17.0. The van der Waals surface area contributed by atoms with Crippen LogP contribution in [0.25, 0.3) is 0 Å². The molecule has 0 atom stereocenters. The van der Waals surface area contributed by atoms with Crippen molar-refractivity contribution in [3.63, 3.8) is 0 Å². The number of unbranched alkanes of at least 4 members (excludes halogenated alkanes) is 6. The van der Waals surface area contributed by atoms with Gasteiger partial charge in [-0.3, -0.25) is 0 Å². The number of ether oxygens (including phenoxy) is 2. The summed E-state index contributed by atoms with van der Waals surface area (Å²) in [6.45, 7) is 15.1. The van der Waals surface area contributed by atoms with Gasteiger partial charge in [0, 0.05) is 11.5 Å². The fraction of sp³-hybridized carbons (Fsp3) is 0.609. The van der Waals surface area contributed by atoms with Gasteiger partial charge in [-0.25, -0.2) is 0 Å². The average molecular weight is 1160 g/mol. The summed E-state index contributed by atoms with van der Waals surface area (Å²) in [5, 5.41) is 0. The molecule has 0 N–H and O–H groups in total. The van der Waals surface area contributed by atoms with Crippen molar-refractivity contribution in [2.24, 2.45) is 0 Å². The summed E-state index contributed by atoms with van der Waals surface area (Å²) >= 11 is 32.6. The Morgan fingerprint density at radius 1 is 0.297 bits per heavy atom. The second-order valence-electron chi connectivity index (χ2n) is 14.3. The number of thioether (sulfide) groups is 16. The Balaban J connectivity index is 1.08. The van der Waals surface area contributed by atoms with Crippen molar-refractivity contribution in [3.05, 3.63) is 75.1 Å². The summed E-state index contributed by atoms with van der Waals surface area (Å²) in [6.07, 6.45) is 15.2. The maximum absolute atomic E-state index is 6.28. The minimum atomic E-state index is 0.684. The maximum atomic E-state index is 6.28. The standard InChI is InChI=1S/C46H66O2S16/c1-7-13-25-49-35-36(50-26-14-8-2)58-43(57-35)45-61-39(53-29-17-11-5)41(63-45)55-31-23-47-33-19-21-34(22-20-33)48-24-32-56-42-40(54-30-18-12-6)62-46(64-42)44-59-37(51-27-15-9-3)38(60-44)52-28-16-10-4/h19-22H,7-18,23-32H2,1-6H3. The van der Waals surface area contributed by atoms with E-state index in [-0.39, 0.29) is 0 Å². The summed E-state index contributed by atoms with van der Waals surface area (Å²) in [4.78, 5) is 0. The Morgan fingerprint density at radius 3 is 0.672 bits per heavy atom. The molecule has 0 unspecified atom stereocenters. The van der Waals surface area contributed by atoms with Crippen LogP contribution in [-0.2, 0) is 0 Å². The van der Waals surface area contributed by atoms with Crippen LogP contribution in [0.4, 0.5) is 0 Å². The lowest BCUT2D eigenvalue weighted by Crippen LogP contribution is -2.01. The van der Waals surface area contributed by atoms with E-state index in [1.165, 1.54) is 162 Å². The van der Waals surface area contributed by atoms with Gasteiger partial charge >= 0.3 is 0 Å². The molecule has 0 saturated carbocycles. The van der Waals surface area contributed by atoms with Gasteiger partial charge in [0.1, 0.15) is 11.5 Å². The summed E-state index contributed by atoms with van der Waals surface area (Å²) in [6, 6.07) is 8.26. The number of hydrogen-bond acceptors (Lipinski definition) is 18. The highest BCUT2D eigenvalue weighted by atomic mass is 32.3. The summed E-state index contributed by atoms with van der Waals surface area (Å²) in [5.41, 5.74) is 0. The van der Waals surface area contributed by atoms with Gasteiger partial charge in [-0.2, -0.15) is 0 Å². The molecule has 4 aliphatic heterocycles. The van der Waals surface area contributed by atoms with Crippen LogP contribution in [0, 0.1) is 0 Å². The van der Waals surface area contributed by atoms with Crippen molar-refractivity contribution < 1.29 is 9.47 Å². The van der Waals surface area contributed by atoms with E-state index < -0.39 is 0 Å². The zero-order valence-corrected chi connectivity index (χ0v) is 51.3. The molecule has 0 bridgehead atoms. The molecule has 18 heteroatoms. The molecule has 1 aromatic carbocycles. The third kappa shape index (κ3) is 20.8. The molecule has 0 saturated heterocycles. The van der Waals surface area contributed by atoms with Crippen LogP contribution in [0.1, 0.15) is 119 Å². The molecular weight excluding hydrogens is 1100 g/mol. The molecule has 0 aromatic heterocycles. The van der Waals surface area contributed by atoms with E-state index in [0.717, 1.165) is 23.0 Å². The molecule has 0 fully saturated rings. The molecule has 4 aliphatic rings. The third-order valence-electron chi connectivity index (χ3n) is 8.86. The van der Waals surface area contributed by atoms with Crippen LogP contribution < -0.4 is 9.47 Å². The minimum Gasteiger partial charge on any atom is -0.493 e. The summed E-state index contributed by atoms with van der Waals surface area (Å²) in [5.74, 6) is 10.9. The van der Waals surface area contributed by atoms with Crippen LogP contribution in [0.2, 0.25) is 0 Å². The Hall–Kier alpha value is 2.86. The molecule has 0 amide bonds. The molecule has 0 spiro atoms. The second-order valence-corrected chi connectivity index (χ2v) is 34.5. The Bertz CT molecular complexity index is 1600. The van der Waals surface area contributed by atoms with E-state index in [4.69, 9.17) is 9.47 Å². The topological polar surface area (TPSA) is 18.5 Å². The number of rotatable bonds is 34. The SMILES string of the molecule is CCCCSC1=C(SCCCC)SC(=C2SC(SCCCC)=C(SCCOc3ccc(OCCSC4=C(SCCCC)SC(=C5SC(SCCCC)=C(SCCCC)S5)S4)cc3)S2)S1. The molecule has 1 aromatic rings. The summed E-state index contributed by atoms with van der Waals surface area (Å²) < 4.78 is 30.6. The first kappa shape index (κ1) is 57.8. The van der Waals surface area contributed by atoms with E-state index >= 15 is 0 Å². The predicted octanol–water partition coefficient (Wildman–Crippen LogP) is 21.8. The third-order valence-corrected chi connectivity index (χ3v) is 32.5. The zero-order chi connectivity index (χ0) is 45.2. The molecular formula is C46H66O2S16. The van der Waals surface area contributed by atoms with Crippen molar-refractivity contribution in [1.82, 2.24) is 0 Å². The van der Waals surface area contributed by atoms with Crippen LogP contribution in [-0.4, -0.2) is 59.2 Å². The molecule has 0 aliphatic carbocycles. The molecule has 64 heavy (non-hydrogen) atoms. The van der Waals surface area contributed by atoms with E-state index in [2.05, 4.69) is 136 Å². The van der Waals surface area contributed by atoms with Crippen LogP contribution in [0.5, 0.6) is 11.5 Å². The van der Waals surface area contributed by atoms with E-state index in [1.807, 2.05) is 118 Å². The van der Waals surface area contributed by atoms with Gasteiger partial charge in [-0.1, -0.05) is 174 Å². The first-order valence-electron chi connectivity index (χ1n) is 22.8. The lowest BCUT2D eigenvalue weighted by molar-refractivity contribution is 0.334. The average Bonchev–Trinajstić information content (AvgIpc) is 4.11. The highest BCUT2D eigenvalue weighted by Crippen LogP contribution is 2.68. The van der Waals surface area contributed by atoms with Gasteiger partial charge in [-0.15, -0.1) is 94.1 Å². The van der Waals surface area contributed by atoms with Gasteiger partial charge in [-0.05, 0) is 97.3 Å². The molecule has 2 nitrogen and oxygen atoms in total. The van der Waals surface area contributed by atoms with Gasteiger partial charge < -0.3 is 9.47 Å². The van der Waals surface area contributed by atoms with Gasteiger partial charge in [0.2, 0.25) is 0 Å². The Morgan fingerprint density at radius 2 is 0.484 bits per heavy atom. The Labute approximate surface area is 456 Å². The van der Waals surface area contributed by atoms with Gasteiger partial charge in [0.15, 0.2) is 0 Å². The summed E-state index contributed by atoms with van der Waals surface area (Å²) in [7, 11) is 0. The predicted molar refractivity (Wildman–Crippen MR) is 329 cm³/mol. The fourth-order valence-corrected chi connectivity index (χ4v) is 29.9. The highest BCUT2D eigenvalue weighted by Gasteiger charge is 2.32. The van der Waals surface area contributed by atoms with Crippen molar-refractivity contribution in [2.45, 2.75) is 119 Å². The van der Waals surface area contributed by atoms with E-state index in [0.29, 0.717) is 13.2 Å². The quantitative estimate of drug-likeness (QED) is 0.0610. The first-order valence-corrected chi connectivity index (χ1v) is 37.2.